The fourth-order valence-corrected chi connectivity index (χ4v) is 3.82. The molecule has 0 spiro atoms. The van der Waals surface area contributed by atoms with Gasteiger partial charge < -0.3 is 15.3 Å². The number of halogens is 2. The van der Waals surface area contributed by atoms with Crippen molar-refractivity contribution in [3.63, 3.8) is 0 Å². The standard InChI is InChI=1S/C22H24N8O.2ClH/c1-14(2)19-13-29(9-7-23-19)22-25-12-18(26-27-22)16-4-3-15(11-20(16)31)17-5-6-21-24-8-10-30(21)28-17;;/h3-6,8,10-12,14,19,23,31H,7,9,13H2,1-2H3;2*1H/t19-;;/m1../s1. The van der Waals surface area contributed by atoms with E-state index in [1.165, 1.54) is 0 Å². The molecule has 11 heteroatoms. The second kappa shape index (κ2) is 10.3. The number of aromatic hydroxyl groups is 1. The first-order valence-electron chi connectivity index (χ1n) is 10.4. The third kappa shape index (κ3) is 5.00. The number of phenols is 1. The molecular weight excluding hydrogens is 463 g/mol. The quantitative estimate of drug-likeness (QED) is 0.451. The Morgan fingerprint density at radius 1 is 1.06 bits per heavy atom. The van der Waals surface area contributed by atoms with Crippen molar-refractivity contribution in [1.82, 2.24) is 35.1 Å². The number of anilines is 1. The van der Waals surface area contributed by atoms with E-state index < -0.39 is 0 Å². The molecule has 33 heavy (non-hydrogen) atoms. The summed E-state index contributed by atoms with van der Waals surface area (Å²) in [6, 6.07) is 9.57. The van der Waals surface area contributed by atoms with Crippen LogP contribution in [-0.4, -0.2) is 60.6 Å². The van der Waals surface area contributed by atoms with Crippen LogP contribution in [0.2, 0.25) is 0 Å². The van der Waals surface area contributed by atoms with E-state index in [9.17, 15) is 5.11 Å². The van der Waals surface area contributed by atoms with Crippen LogP contribution in [-0.2, 0) is 0 Å². The molecule has 1 aliphatic heterocycles. The Bertz CT molecular complexity index is 1210. The number of imidazole rings is 1. The van der Waals surface area contributed by atoms with E-state index in [2.05, 4.69) is 49.3 Å². The van der Waals surface area contributed by atoms with Gasteiger partial charge in [-0.1, -0.05) is 19.9 Å². The summed E-state index contributed by atoms with van der Waals surface area (Å²) < 4.78 is 1.70. The van der Waals surface area contributed by atoms with Crippen molar-refractivity contribution in [2.45, 2.75) is 19.9 Å². The lowest BCUT2D eigenvalue weighted by Gasteiger charge is -2.35. The Balaban J connectivity index is 0.00000153. The van der Waals surface area contributed by atoms with Crippen LogP contribution < -0.4 is 10.2 Å². The molecule has 4 aromatic rings. The zero-order chi connectivity index (χ0) is 21.4. The largest absolute Gasteiger partial charge is 0.507 e. The van der Waals surface area contributed by atoms with Crippen molar-refractivity contribution in [3.05, 3.63) is 48.9 Å². The number of aromatic nitrogens is 6. The first-order valence-corrected chi connectivity index (χ1v) is 10.4. The highest BCUT2D eigenvalue weighted by molar-refractivity contribution is 5.85. The topological polar surface area (TPSA) is 104 Å². The van der Waals surface area contributed by atoms with Crippen LogP contribution in [0.3, 0.4) is 0 Å². The van der Waals surface area contributed by atoms with Crippen LogP contribution in [0.4, 0.5) is 5.95 Å². The van der Waals surface area contributed by atoms with Crippen LogP contribution in [0.5, 0.6) is 5.75 Å². The minimum atomic E-state index is 0. The molecule has 1 saturated heterocycles. The predicted octanol–water partition coefficient (Wildman–Crippen LogP) is 3.23. The molecule has 9 nitrogen and oxygen atoms in total. The van der Waals surface area contributed by atoms with Gasteiger partial charge in [-0.25, -0.2) is 14.5 Å². The summed E-state index contributed by atoms with van der Waals surface area (Å²) >= 11 is 0. The molecule has 4 heterocycles. The molecule has 0 unspecified atom stereocenters. The number of hydrogen-bond acceptors (Lipinski definition) is 8. The Labute approximate surface area is 204 Å². The smallest absolute Gasteiger partial charge is 0.245 e. The second-order valence-corrected chi connectivity index (χ2v) is 8.07. The van der Waals surface area contributed by atoms with E-state index >= 15 is 0 Å². The minimum Gasteiger partial charge on any atom is -0.507 e. The monoisotopic (exact) mass is 488 g/mol. The molecule has 0 saturated carbocycles. The first-order chi connectivity index (χ1) is 15.1. The van der Waals surface area contributed by atoms with Crippen molar-refractivity contribution >= 4 is 36.4 Å². The number of benzene rings is 1. The molecule has 1 aliphatic rings. The van der Waals surface area contributed by atoms with Gasteiger partial charge in [0.05, 0.1) is 11.9 Å². The van der Waals surface area contributed by atoms with Crippen LogP contribution in [0, 0.1) is 5.92 Å². The summed E-state index contributed by atoms with van der Waals surface area (Å²) in [6.07, 6.45) is 5.16. The molecule has 0 amide bonds. The molecule has 1 fully saturated rings. The fraction of sp³-hybridized carbons (Fsp3) is 0.318. The van der Waals surface area contributed by atoms with E-state index in [0.29, 0.717) is 29.2 Å². The Hall–Kier alpha value is -3.01. The van der Waals surface area contributed by atoms with Gasteiger partial charge in [0.25, 0.3) is 0 Å². The van der Waals surface area contributed by atoms with Crippen molar-refractivity contribution in [1.29, 1.82) is 0 Å². The molecule has 1 atom stereocenters. The van der Waals surface area contributed by atoms with E-state index in [1.54, 1.807) is 29.2 Å². The van der Waals surface area contributed by atoms with Crippen molar-refractivity contribution in [3.8, 4) is 28.3 Å². The molecule has 5 rings (SSSR count). The van der Waals surface area contributed by atoms with Gasteiger partial charge in [0.15, 0.2) is 5.65 Å². The van der Waals surface area contributed by atoms with E-state index in [-0.39, 0.29) is 30.6 Å². The lowest BCUT2D eigenvalue weighted by atomic mass is 10.0. The maximum Gasteiger partial charge on any atom is 0.245 e. The summed E-state index contributed by atoms with van der Waals surface area (Å²) in [5, 5.41) is 27.3. The molecular formula is C22H26Cl2N8O. The number of rotatable bonds is 4. The third-order valence-electron chi connectivity index (χ3n) is 5.67. The molecule has 0 aliphatic carbocycles. The molecule has 174 valence electrons. The number of nitrogens with zero attached hydrogens (tertiary/aromatic N) is 7. The normalized spacial score (nSPS) is 15.8. The highest BCUT2D eigenvalue weighted by Gasteiger charge is 2.23. The van der Waals surface area contributed by atoms with Gasteiger partial charge >= 0.3 is 0 Å². The van der Waals surface area contributed by atoms with Crippen LogP contribution in [0.25, 0.3) is 28.2 Å². The fourth-order valence-electron chi connectivity index (χ4n) is 3.82. The Kier molecular flexibility index (Phi) is 7.68. The van der Waals surface area contributed by atoms with Crippen molar-refractivity contribution < 1.29 is 5.11 Å². The summed E-state index contributed by atoms with van der Waals surface area (Å²) in [7, 11) is 0. The highest BCUT2D eigenvalue weighted by Crippen LogP contribution is 2.31. The van der Waals surface area contributed by atoms with Gasteiger partial charge in [0, 0.05) is 49.2 Å². The lowest BCUT2D eigenvalue weighted by molar-refractivity contribution is 0.365. The summed E-state index contributed by atoms with van der Waals surface area (Å²) in [4.78, 5) is 10.9. The van der Waals surface area contributed by atoms with Crippen molar-refractivity contribution in [2.24, 2.45) is 5.92 Å². The van der Waals surface area contributed by atoms with Gasteiger partial charge in [-0.15, -0.1) is 35.0 Å². The summed E-state index contributed by atoms with van der Waals surface area (Å²) in [5.41, 5.74) is 3.43. The number of phenolic OH excluding ortho intramolecular Hbond substituents is 1. The average molecular weight is 489 g/mol. The third-order valence-corrected chi connectivity index (χ3v) is 5.67. The van der Waals surface area contributed by atoms with E-state index in [4.69, 9.17) is 0 Å². The van der Waals surface area contributed by atoms with E-state index in [0.717, 1.165) is 36.5 Å². The van der Waals surface area contributed by atoms with Crippen molar-refractivity contribution in [2.75, 3.05) is 24.5 Å². The number of piperazine rings is 1. The van der Waals surface area contributed by atoms with Gasteiger partial charge in [0.2, 0.25) is 5.95 Å². The molecule has 0 bridgehead atoms. The van der Waals surface area contributed by atoms with Crippen LogP contribution >= 0.6 is 24.8 Å². The number of fused-ring (bicyclic) bond motifs is 1. The van der Waals surface area contributed by atoms with Crippen LogP contribution in [0.1, 0.15) is 13.8 Å². The maximum absolute atomic E-state index is 10.6. The number of nitrogens with one attached hydrogen (secondary N) is 1. The zero-order valence-corrected chi connectivity index (χ0v) is 19.9. The first kappa shape index (κ1) is 24.6. The highest BCUT2D eigenvalue weighted by atomic mass is 35.5. The van der Waals surface area contributed by atoms with Gasteiger partial charge in [-0.05, 0) is 30.2 Å². The molecule has 1 aromatic carbocycles. The number of hydrogen-bond donors (Lipinski definition) is 2. The molecule has 2 N–H and O–H groups in total. The van der Waals surface area contributed by atoms with Gasteiger partial charge in [0.1, 0.15) is 11.4 Å². The summed E-state index contributed by atoms with van der Waals surface area (Å²) in [5.74, 6) is 1.26. The average Bonchev–Trinajstić information content (AvgIpc) is 3.27. The predicted molar refractivity (Wildman–Crippen MR) is 132 cm³/mol. The molecule has 3 aromatic heterocycles. The zero-order valence-electron chi connectivity index (χ0n) is 18.3. The van der Waals surface area contributed by atoms with Crippen LogP contribution in [0.15, 0.2) is 48.9 Å². The van der Waals surface area contributed by atoms with Gasteiger partial charge in [-0.2, -0.15) is 5.10 Å². The minimum absolute atomic E-state index is 0. The lowest BCUT2D eigenvalue weighted by Crippen LogP contribution is -2.53. The molecule has 0 radical (unpaired) electrons. The van der Waals surface area contributed by atoms with E-state index in [1.807, 2.05) is 24.3 Å². The second-order valence-electron chi connectivity index (χ2n) is 8.07. The Morgan fingerprint density at radius 2 is 1.91 bits per heavy atom. The SMILES string of the molecule is CC(C)[C@H]1CN(c2ncc(-c3ccc(-c4ccc5nccn5n4)cc3O)nn2)CCN1.Cl.Cl. The maximum atomic E-state index is 10.6. The summed E-state index contributed by atoms with van der Waals surface area (Å²) in [6.45, 7) is 7.01. The Morgan fingerprint density at radius 3 is 2.64 bits per heavy atom. The van der Waals surface area contributed by atoms with Gasteiger partial charge in [-0.3, -0.25) is 0 Å².